The standard InChI is InChI=1S/C63H103N2O6P/c1-6-8-10-12-14-16-17-18-19-20-21-22-23-24-25-26-27-28-29-30-31-32-33-34-35-36-37-38-39-40-41-42-43-44-45-46-47-49-51-53-55-57-63(67)64-61(60-71-72(68,69)70-59-58-65(3,4)5)62(66)56-54-52-50-48-15-13-11-9-7-2/h8,10,14,16,18-19,21-22,24-25,27-28,30-31,33-34,36-37,39-40,42-43,45-46,54,56,61-62,66H,6-7,9,11-13,15,17,20,23,26,29,32,35,38,41,44,47-53,55,57-60H2,1-5H3,(H-,64,67,68,69)/b10-8-,16-14-,19-18-,22-21-,25-24-,28-27-,31-30-,34-33-,37-36-,40-39-,43-42-,46-45-,56-54+. The van der Waals surface area contributed by atoms with Crippen LogP contribution >= 0.6 is 7.82 Å². The van der Waals surface area contributed by atoms with Gasteiger partial charge in [0.15, 0.2) is 0 Å². The van der Waals surface area contributed by atoms with E-state index in [0.29, 0.717) is 17.4 Å². The second-order valence-electron chi connectivity index (χ2n) is 19.2. The number of nitrogens with one attached hydrogen (secondary N) is 1. The van der Waals surface area contributed by atoms with E-state index in [0.717, 1.165) is 128 Å². The van der Waals surface area contributed by atoms with E-state index in [-0.39, 0.29) is 12.5 Å². The molecule has 8 nitrogen and oxygen atoms in total. The van der Waals surface area contributed by atoms with Crippen LogP contribution in [0.5, 0.6) is 0 Å². The molecular formula is C63H103N2O6P. The molecule has 0 saturated heterocycles. The minimum absolute atomic E-state index is 0.0151. The zero-order valence-corrected chi connectivity index (χ0v) is 46.9. The van der Waals surface area contributed by atoms with Gasteiger partial charge in [0.05, 0.1) is 39.9 Å². The minimum atomic E-state index is -4.60. The third kappa shape index (κ3) is 53.9. The molecule has 0 rings (SSSR count). The number of hydrogen-bond acceptors (Lipinski definition) is 6. The lowest BCUT2D eigenvalue weighted by Crippen LogP contribution is -2.45. The molecule has 1 amide bonds. The van der Waals surface area contributed by atoms with Crippen LogP contribution < -0.4 is 10.2 Å². The molecule has 3 unspecified atom stereocenters. The molecule has 406 valence electrons. The van der Waals surface area contributed by atoms with Crippen LogP contribution in [0.1, 0.15) is 181 Å². The molecule has 0 bridgehead atoms. The van der Waals surface area contributed by atoms with Crippen molar-refractivity contribution in [3.05, 3.63) is 158 Å². The van der Waals surface area contributed by atoms with Gasteiger partial charge in [-0.15, -0.1) is 0 Å². The number of phosphoric ester groups is 1. The molecule has 72 heavy (non-hydrogen) atoms. The summed E-state index contributed by atoms with van der Waals surface area (Å²) in [5.74, 6) is -0.232. The van der Waals surface area contributed by atoms with Crippen LogP contribution in [0.2, 0.25) is 0 Å². The number of carbonyl (C=O) groups is 1. The summed E-state index contributed by atoms with van der Waals surface area (Å²) < 4.78 is 23.2. The SMILES string of the molecule is CC/C=C\C/C=C\C/C=C\C/C=C\C/C=C\C/C=C\C/C=C\C/C=C\C/C=C\C/C=C\C/C=C\C/C=C\CCCCCCC(=O)NC(COP(=O)([O-])OCC[N+](C)(C)C)C(O)/C=C/CCCCCCCCC. The minimum Gasteiger partial charge on any atom is -0.756 e. The summed E-state index contributed by atoms with van der Waals surface area (Å²) in [6.07, 6.45) is 81.9. The molecule has 0 saturated carbocycles. The zero-order valence-electron chi connectivity index (χ0n) is 46.1. The maximum Gasteiger partial charge on any atom is 0.268 e. The fourth-order valence-electron chi connectivity index (χ4n) is 6.90. The second-order valence-corrected chi connectivity index (χ2v) is 20.6. The zero-order chi connectivity index (χ0) is 52.7. The largest absolute Gasteiger partial charge is 0.756 e. The molecule has 3 atom stereocenters. The molecule has 0 aromatic carbocycles. The van der Waals surface area contributed by atoms with Gasteiger partial charge in [0, 0.05) is 6.42 Å². The van der Waals surface area contributed by atoms with E-state index >= 15 is 0 Å². The van der Waals surface area contributed by atoms with Crippen molar-refractivity contribution in [1.82, 2.24) is 5.32 Å². The van der Waals surface area contributed by atoms with Crippen molar-refractivity contribution in [2.45, 2.75) is 193 Å². The van der Waals surface area contributed by atoms with Crippen molar-refractivity contribution in [1.29, 1.82) is 0 Å². The molecule has 0 heterocycles. The number of amides is 1. The van der Waals surface area contributed by atoms with Gasteiger partial charge < -0.3 is 28.8 Å². The second kappa shape index (κ2) is 52.0. The lowest BCUT2D eigenvalue weighted by atomic mass is 10.1. The van der Waals surface area contributed by atoms with Crippen LogP contribution in [-0.4, -0.2) is 68.5 Å². The number of unbranched alkanes of at least 4 members (excludes halogenated alkanes) is 11. The van der Waals surface area contributed by atoms with Crippen LogP contribution in [0, 0.1) is 0 Å². The number of hydrogen-bond donors (Lipinski definition) is 2. The highest BCUT2D eigenvalue weighted by molar-refractivity contribution is 7.45. The molecule has 0 spiro atoms. The maximum absolute atomic E-state index is 12.9. The van der Waals surface area contributed by atoms with Crippen molar-refractivity contribution in [2.24, 2.45) is 0 Å². The Labute approximate surface area is 441 Å². The maximum atomic E-state index is 12.9. The first-order valence-electron chi connectivity index (χ1n) is 27.8. The number of aliphatic hydroxyl groups excluding tert-OH is 1. The van der Waals surface area contributed by atoms with Crippen molar-refractivity contribution in [3.8, 4) is 0 Å². The molecule has 2 N–H and O–H groups in total. The lowest BCUT2D eigenvalue weighted by Gasteiger charge is -2.29. The quantitative estimate of drug-likeness (QED) is 0.0272. The number of quaternary nitrogens is 1. The molecule has 0 aromatic rings. The van der Waals surface area contributed by atoms with Crippen LogP contribution in [0.3, 0.4) is 0 Å². The summed E-state index contributed by atoms with van der Waals surface area (Å²) in [6.45, 7) is 4.44. The Balaban J connectivity index is 4.14. The highest BCUT2D eigenvalue weighted by Gasteiger charge is 2.23. The molecule has 0 aliphatic heterocycles. The van der Waals surface area contributed by atoms with Gasteiger partial charge in [-0.1, -0.05) is 223 Å². The number of carbonyl (C=O) groups excluding carboxylic acids is 1. The molecule has 0 aliphatic carbocycles. The van der Waals surface area contributed by atoms with E-state index in [1.807, 2.05) is 27.2 Å². The molecule has 0 aromatic heterocycles. The van der Waals surface area contributed by atoms with Crippen LogP contribution in [-0.2, 0) is 18.4 Å². The molecular weight excluding hydrogens is 912 g/mol. The number of phosphoric acid groups is 1. The summed E-state index contributed by atoms with van der Waals surface area (Å²) in [7, 11) is 1.21. The van der Waals surface area contributed by atoms with Crippen molar-refractivity contribution in [2.75, 3.05) is 40.9 Å². The third-order valence-electron chi connectivity index (χ3n) is 11.2. The number of rotatable bonds is 48. The molecule has 9 heteroatoms. The number of allylic oxidation sites excluding steroid dienone is 25. The monoisotopic (exact) mass is 1010 g/mol. The average molecular weight is 1020 g/mol. The predicted molar refractivity (Wildman–Crippen MR) is 311 cm³/mol. The van der Waals surface area contributed by atoms with Crippen LogP contribution in [0.15, 0.2) is 158 Å². The summed E-state index contributed by atoms with van der Waals surface area (Å²) in [5, 5.41) is 13.7. The topological polar surface area (TPSA) is 108 Å². The van der Waals surface area contributed by atoms with Gasteiger partial charge in [-0.2, -0.15) is 0 Å². The van der Waals surface area contributed by atoms with Gasteiger partial charge in [-0.25, -0.2) is 0 Å². The Bertz CT molecular complexity index is 1720. The first-order valence-corrected chi connectivity index (χ1v) is 29.3. The van der Waals surface area contributed by atoms with E-state index < -0.39 is 26.6 Å². The van der Waals surface area contributed by atoms with E-state index in [2.05, 4.69) is 165 Å². The van der Waals surface area contributed by atoms with Crippen LogP contribution in [0.25, 0.3) is 0 Å². The fraction of sp³-hybridized carbons (Fsp3) is 0.571. The van der Waals surface area contributed by atoms with Crippen molar-refractivity contribution >= 4 is 13.7 Å². The summed E-state index contributed by atoms with van der Waals surface area (Å²) in [4.78, 5) is 25.3. The Morgan fingerprint density at radius 3 is 1.24 bits per heavy atom. The van der Waals surface area contributed by atoms with Crippen LogP contribution in [0.4, 0.5) is 0 Å². The van der Waals surface area contributed by atoms with Gasteiger partial charge in [-0.05, 0) is 109 Å². The first kappa shape index (κ1) is 68.1. The molecule has 0 radical (unpaired) electrons. The van der Waals surface area contributed by atoms with E-state index in [1.54, 1.807) is 6.08 Å². The third-order valence-corrected chi connectivity index (χ3v) is 12.2. The van der Waals surface area contributed by atoms with Gasteiger partial charge in [0.2, 0.25) is 5.91 Å². The van der Waals surface area contributed by atoms with Gasteiger partial charge >= 0.3 is 0 Å². The van der Waals surface area contributed by atoms with Crippen molar-refractivity contribution in [3.63, 3.8) is 0 Å². The number of aliphatic hydroxyl groups is 1. The van der Waals surface area contributed by atoms with Gasteiger partial charge in [0.25, 0.3) is 7.82 Å². The Morgan fingerprint density at radius 1 is 0.500 bits per heavy atom. The average Bonchev–Trinajstić information content (AvgIpc) is 3.34. The van der Waals surface area contributed by atoms with E-state index in [9.17, 15) is 19.4 Å². The van der Waals surface area contributed by atoms with E-state index in [4.69, 9.17) is 9.05 Å². The van der Waals surface area contributed by atoms with Crippen molar-refractivity contribution < 1.29 is 32.9 Å². The lowest BCUT2D eigenvalue weighted by molar-refractivity contribution is -0.870. The van der Waals surface area contributed by atoms with Gasteiger partial charge in [0.1, 0.15) is 13.2 Å². The predicted octanol–water partition coefficient (Wildman–Crippen LogP) is 16.5. The molecule has 0 fully saturated rings. The fourth-order valence-corrected chi connectivity index (χ4v) is 7.62. The number of nitrogens with zero attached hydrogens (tertiary/aromatic N) is 1. The normalized spacial score (nSPS) is 15.2. The summed E-state index contributed by atoms with van der Waals surface area (Å²) in [6, 6.07) is -0.909. The Morgan fingerprint density at radius 2 is 0.847 bits per heavy atom. The smallest absolute Gasteiger partial charge is 0.268 e. The highest BCUT2D eigenvalue weighted by Crippen LogP contribution is 2.38. The Hall–Kier alpha value is -3.88. The van der Waals surface area contributed by atoms with E-state index in [1.165, 1.54) is 32.1 Å². The summed E-state index contributed by atoms with van der Waals surface area (Å²) in [5.41, 5.74) is 0. The summed E-state index contributed by atoms with van der Waals surface area (Å²) >= 11 is 0. The first-order chi connectivity index (χ1) is 35.0. The highest BCUT2D eigenvalue weighted by atomic mass is 31.2. The Kier molecular flexibility index (Phi) is 49.2. The molecule has 0 aliphatic rings. The van der Waals surface area contributed by atoms with Gasteiger partial charge in [-0.3, -0.25) is 9.36 Å². The number of likely N-dealkylation sites (N-methyl/N-ethyl adjacent to an activating group) is 1.